The first-order valence-electron chi connectivity index (χ1n) is 11.1. The van der Waals surface area contributed by atoms with Gasteiger partial charge in [-0.15, -0.1) is 23.2 Å². The molecule has 0 aromatic heterocycles. The van der Waals surface area contributed by atoms with Crippen molar-refractivity contribution in [2.45, 2.75) is 112 Å². The van der Waals surface area contributed by atoms with Gasteiger partial charge in [0.05, 0.1) is 0 Å². The summed E-state index contributed by atoms with van der Waals surface area (Å²) in [4.78, 5) is 0. The van der Waals surface area contributed by atoms with Gasteiger partial charge in [0.2, 0.25) is 0 Å². The van der Waals surface area contributed by atoms with Crippen LogP contribution in [0, 0.1) is 13.8 Å². The smallest absolute Gasteiger partial charge is 0.605 e. The molecule has 0 atom stereocenters. The van der Waals surface area contributed by atoms with Crippen LogP contribution in [-0.4, -0.2) is 31.0 Å². The molecule has 0 radical (unpaired) electrons. The van der Waals surface area contributed by atoms with Gasteiger partial charge in [0, 0.05) is 11.1 Å². The molecule has 1 saturated heterocycles. The van der Waals surface area contributed by atoms with Crippen LogP contribution in [0.4, 0.5) is 0 Å². The van der Waals surface area contributed by atoms with Crippen LogP contribution in [-0.2, 0) is 26.2 Å². The molecule has 1 heterocycles. The topological polar surface area (TPSA) is 34.7 Å². The maximum absolute atomic E-state index is 5.16. The first-order valence-corrected chi connectivity index (χ1v) is 13.5. The average molecular weight is 558 g/mol. The van der Waals surface area contributed by atoms with Crippen molar-refractivity contribution in [2.75, 3.05) is 0 Å². The van der Waals surface area contributed by atoms with Crippen molar-refractivity contribution in [2.24, 2.45) is 0 Å². The second-order valence-electron chi connectivity index (χ2n) is 11.5. The van der Waals surface area contributed by atoms with Gasteiger partial charge in [-0.2, -0.15) is 31.5 Å². The predicted octanol–water partition coefficient (Wildman–Crippen LogP) is 9.71. The number of rotatable bonds is 2. The number of hydrogen-bond acceptors (Lipinski definition) is 2. The summed E-state index contributed by atoms with van der Waals surface area (Å²) >= 11 is 0. The zero-order valence-corrected chi connectivity index (χ0v) is 27.2. The Morgan fingerprint density at radius 3 is 1.06 bits per heavy atom. The van der Waals surface area contributed by atoms with E-state index in [-0.39, 0.29) is 48.4 Å². The maximum Gasteiger partial charge on any atom is 4.00 e. The van der Waals surface area contributed by atoms with Gasteiger partial charge in [-0.05, 0) is 41.5 Å². The number of benzene rings is 1. The van der Waals surface area contributed by atoms with E-state index in [0.717, 1.165) is 5.56 Å². The van der Waals surface area contributed by atoms with E-state index in [2.05, 4.69) is 106 Å². The largest absolute Gasteiger partial charge is 4.00 e. The van der Waals surface area contributed by atoms with Gasteiger partial charge in [0.1, 0.15) is 0 Å². The van der Waals surface area contributed by atoms with Crippen molar-refractivity contribution in [3.05, 3.63) is 59.9 Å². The molecule has 1 aromatic rings. The summed E-state index contributed by atoms with van der Waals surface area (Å²) in [7, 11) is -1.31. The number of nitrogens with zero attached hydrogens (tertiary/aromatic N) is 4. The van der Waals surface area contributed by atoms with Gasteiger partial charge >= 0.3 is 26.2 Å². The molecule has 0 unspecified atom stereocenters. The first-order chi connectivity index (χ1) is 13.8. The minimum absolute atomic E-state index is 0. The summed E-state index contributed by atoms with van der Waals surface area (Å²) in [5.41, 5.74) is 1.19. The Balaban J connectivity index is 0. The molecule has 2 rings (SSSR count). The van der Waals surface area contributed by atoms with Crippen LogP contribution in [0.15, 0.2) is 30.3 Å². The zero-order chi connectivity index (χ0) is 24.8. The van der Waals surface area contributed by atoms with Crippen LogP contribution in [0.3, 0.4) is 0 Å². The van der Waals surface area contributed by atoms with Crippen molar-refractivity contribution in [1.29, 1.82) is 0 Å². The Hall–Kier alpha value is 0.673. The van der Waals surface area contributed by atoms with E-state index in [4.69, 9.17) is 10.2 Å². The molecule has 1 fully saturated rings. The first kappa shape index (κ1) is 34.8. The van der Waals surface area contributed by atoms with Crippen LogP contribution in [0.2, 0.25) is 0 Å². The summed E-state index contributed by atoms with van der Waals surface area (Å²) in [5.74, 6) is 0. The third-order valence-electron chi connectivity index (χ3n) is 3.50. The molecule has 0 aliphatic carbocycles. The van der Waals surface area contributed by atoms with Gasteiger partial charge in [-0.1, -0.05) is 64.4 Å². The third kappa shape index (κ3) is 12.4. The van der Waals surface area contributed by atoms with E-state index in [1.165, 1.54) is 0 Å². The van der Waals surface area contributed by atoms with E-state index < -0.39 is 16.7 Å². The van der Waals surface area contributed by atoms with Crippen molar-refractivity contribution >= 4 is 16.7 Å². The Bertz CT molecular complexity index is 583. The second kappa shape index (κ2) is 13.7. The molecule has 0 bridgehead atoms. The Morgan fingerprint density at radius 2 is 0.906 bits per heavy atom. The molecular weight excluding hydrogens is 509 g/mol. The van der Waals surface area contributed by atoms with Crippen molar-refractivity contribution in [3.63, 3.8) is 0 Å². The van der Waals surface area contributed by atoms with E-state index in [1.807, 2.05) is 30.3 Å². The van der Waals surface area contributed by atoms with Crippen LogP contribution in [0.1, 0.15) is 95.6 Å². The molecule has 4 nitrogen and oxygen atoms in total. The minimum Gasteiger partial charge on any atom is -0.605 e. The molecule has 182 valence electrons. The Morgan fingerprint density at radius 1 is 0.625 bits per heavy atom. The van der Waals surface area contributed by atoms with E-state index in [0.29, 0.717) is 0 Å². The molecule has 1 aliphatic rings. The Kier molecular flexibility index (Phi) is 14.9. The van der Waals surface area contributed by atoms with Crippen molar-refractivity contribution in [1.82, 2.24) is 8.88 Å². The summed E-state index contributed by atoms with van der Waals surface area (Å²) in [6.45, 7) is 35.6. The fraction of sp³-hybridized carbons (Fsp3) is 0.680. The molecule has 0 N–H and O–H groups in total. The van der Waals surface area contributed by atoms with Gasteiger partial charge < -0.3 is 17.1 Å². The maximum atomic E-state index is 5.16. The average Bonchev–Trinajstić information content (AvgIpc) is 2.51. The minimum atomic E-state index is -0.654. The zero-order valence-electron chi connectivity index (χ0n) is 23.0. The summed E-state index contributed by atoms with van der Waals surface area (Å²) in [6.07, 6.45) is 0. The fourth-order valence-corrected chi connectivity index (χ4v) is 8.48. The number of hydrogen-bond donors (Lipinski definition) is 0. The van der Waals surface area contributed by atoms with Crippen molar-refractivity contribution < 1.29 is 26.2 Å². The molecule has 1 aromatic carbocycles. The summed E-state index contributed by atoms with van der Waals surface area (Å²) in [5, 5.41) is 10.3. The van der Waals surface area contributed by atoms with Crippen molar-refractivity contribution in [3.8, 4) is 0 Å². The molecule has 0 saturated carbocycles. The predicted molar refractivity (Wildman–Crippen MR) is 145 cm³/mol. The Labute approximate surface area is 223 Å². The monoisotopic (exact) mass is 556 g/mol. The molecular formula is C25H48N4P2Zr. The normalized spacial score (nSPS) is 20.1. The third-order valence-corrected chi connectivity index (χ3v) is 10.7. The summed E-state index contributed by atoms with van der Waals surface area (Å²) in [6, 6.07) is 9.87. The van der Waals surface area contributed by atoms with Crippen LogP contribution in [0.25, 0.3) is 10.2 Å². The van der Waals surface area contributed by atoms with Gasteiger partial charge in [-0.3, -0.25) is 8.88 Å². The van der Waals surface area contributed by atoms with E-state index in [1.54, 1.807) is 6.92 Å². The molecule has 0 amide bonds. The van der Waals surface area contributed by atoms with Crippen LogP contribution < -0.4 is 0 Å². The summed E-state index contributed by atoms with van der Waals surface area (Å²) < 4.78 is 5.14. The fourth-order valence-electron chi connectivity index (χ4n) is 2.53. The standard InChI is InChI=1S/C16H36N4P2.C7H7.C2H5.Zr/c1-13(2,3)17-21-19(15(7,8)9)22(18-14(4,5)6)20(21)16(10,11)12;1-7-5-3-2-4-6-7;1-2;/h1-12H3;2-6H,1H2;1H2,2H3;/q-2;2*-1;+4. The van der Waals surface area contributed by atoms with E-state index >= 15 is 0 Å². The quantitative estimate of drug-likeness (QED) is 0.268. The van der Waals surface area contributed by atoms with Crippen LogP contribution >= 0.6 is 16.7 Å². The second-order valence-corrected chi connectivity index (χ2v) is 15.2. The molecule has 1 aliphatic heterocycles. The van der Waals surface area contributed by atoms with Gasteiger partial charge in [-0.25, -0.2) is 0 Å². The van der Waals surface area contributed by atoms with Crippen LogP contribution in [0.5, 0.6) is 0 Å². The molecule has 0 spiro atoms. The van der Waals surface area contributed by atoms with Gasteiger partial charge in [0.25, 0.3) is 0 Å². The van der Waals surface area contributed by atoms with E-state index in [9.17, 15) is 0 Å². The molecule has 32 heavy (non-hydrogen) atoms. The molecule has 7 heteroatoms. The SMILES string of the molecule is CC(C)(C)[N-]P1N(C(C)(C)C)P([N-]C(C)(C)C)N1C(C)(C)C.[CH2-]C.[CH2-]c1ccccc1.[Zr+4]. The van der Waals surface area contributed by atoms with Gasteiger partial charge in [0.15, 0.2) is 0 Å².